The van der Waals surface area contributed by atoms with Crippen molar-refractivity contribution >= 4 is 18.1 Å². The summed E-state index contributed by atoms with van der Waals surface area (Å²) in [4.78, 5) is 16.7. The average Bonchev–Trinajstić information content (AvgIpc) is 3.37. The Bertz CT molecular complexity index is 1210. The van der Waals surface area contributed by atoms with Gasteiger partial charge in [0.1, 0.15) is 6.54 Å². The molecule has 7 nitrogen and oxygen atoms in total. The van der Waals surface area contributed by atoms with E-state index in [1.165, 1.54) is 0 Å². The van der Waals surface area contributed by atoms with Crippen molar-refractivity contribution < 1.29 is 4.79 Å². The first-order valence-electron chi connectivity index (χ1n) is 9.61. The summed E-state index contributed by atoms with van der Waals surface area (Å²) in [5, 5.41) is 10.1. The number of aromatic nitrogens is 5. The van der Waals surface area contributed by atoms with Crippen molar-refractivity contribution in [2.24, 2.45) is 0 Å². The fraction of sp³-hybridized carbons (Fsp3) is 0.182. The number of carbonyl (C=O) groups excluding carboxylic acids is 1. The smallest absolute Gasteiger partial charge is 0.240 e. The van der Waals surface area contributed by atoms with E-state index in [0.717, 1.165) is 28.8 Å². The van der Waals surface area contributed by atoms with Crippen LogP contribution in [0.4, 0.5) is 0 Å². The van der Waals surface area contributed by atoms with Crippen molar-refractivity contribution in [1.82, 2.24) is 29.6 Å². The van der Waals surface area contributed by atoms with Crippen molar-refractivity contribution in [2.45, 2.75) is 26.6 Å². The molecule has 4 rings (SSSR count). The summed E-state index contributed by atoms with van der Waals surface area (Å²) in [6.07, 6.45) is 5.47. The molecule has 4 aromatic rings. The van der Waals surface area contributed by atoms with E-state index in [0.29, 0.717) is 17.1 Å². The third-order valence-electron chi connectivity index (χ3n) is 4.74. The summed E-state index contributed by atoms with van der Waals surface area (Å²) in [7, 11) is 0. The summed E-state index contributed by atoms with van der Waals surface area (Å²) >= 11 is 5.33. The van der Waals surface area contributed by atoms with E-state index < -0.39 is 0 Å². The summed E-state index contributed by atoms with van der Waals surface area (Å²) in [6, 6.07) is 16.1. The van der Waals surface area contributed by atoms with Crippen LogP contribution in [0.5, 0.6) is 0 Å². The number of hydrogen-bond acceptors (Lipinski definition) is 4. The molecule has 0 fully saturated rings. The van der Waals surface area contributed by atoms with Gasteiger partial charge in [-0.2, -0.15) is 5.10 Å². The average molecular weight is 419 g/mol. The van der Waals surface area contributed by atoms with Crippen LogP contribution in [0.25, 0.3) is 11.4 Å². The molecule has 1 amide bonds. The van der Waals surface area contributed by atoms with E-state index in [2.05, 4.69) is 32.6 Å². The minimum Gasteiger partial charge on any atom is -0.350 e. The molecule has 0 bridgehead atoms. The van der Waals surface area contributed by atoms with Crippen LogP contribution < -0.4 is 5.32 Å². The van der Waals surface area contributed by atoms with Gasteiger partial charge >= 0.3 is 0 Å². The fourth-order valence-corrected chi connectivity index (χ4v) is 3.49. The van der Waals surface area contributed by atoms with E-state index >= 15 is 0 Å². The highest BCUT2D eigenvalue weighted by Gasteiger charge is 2.12. The summed E-state index contributed by atoms with van der Waals surface area (Å²) in [6.45, 7) is 3.31. The molecule has 2 heterocycles. The highest BCUT2D eigenvalue weighted by Crippen LogP contribution is 2.18. The molecular formula is C22H22N6OS. The predicted octanol–water partition coefficient (Wildman–Crippen LogP) is 3.48. The molecule has 0 unspecified atom stereocenters. The lowest BCUT2D eigenvalue weighted by Gasteiger charge is -2.10. The van der Waals surface area contributed by atoms with Crippen LogP contribution in [-0.2, 0) is 24.4 Å². The highest BCUT2D eigenvalue weighted by molar-refractivity contribution is 7.71. The first kappa shape index (κ1) is 19.8. The van der Waals surface area contributed by atoms with Gasteiger partial charge in [-0.15, -0.1) is 0 Å². The van der Waals surface area contributed by atoms with Crippen LogP contribution in [0, 0.1) is 11.7 Å². The van der Waals surface area contributed by atoms with Crippen molar-refractivity contribution in [3.05, 3.63) is 88.7 Å². The molecule has 0 spiro atoms. The van der Waals surface area contributed by atoms with Gasteiger partial charge in [0.15, 0.2) is 10.6 Å². The second-order valence-corrected chi connectivity index (χ2v) is 7.53. The minimum absolute atomic E-state index is 0.104. The van der Waals surface area contributed by atoms with Gasteiger partial charge < -0.3 is 9.88 Å². The van der Waals surface area contributed by atoms with Crippen LogP contribution in [0.3, 0.4) is 0 Å². The number of benzene rings is 2. The molecule has 8 heteroatoms. The van der Waals surface area contributed by atoms with E-state index in [4.69, 9.17) is 12.2 Å². The second-order valence-electron chi connectivity index (χ2n) is 7.14. The van der Waals surface area contributed by atoms with Crippen LogP contribution in [-0.4, -0.2) is 30.2 Å². The molecule has 0 aliphatic heterocycles. The zero-order chi connectivity index (χ0) is 20.9. The number of rotatable bonds is 7. The number of nitrogens with one attached hydrogen (secondary N) is 2. The molecule has 2 aromatic carbocycles. The third-order valence-corrected chi connectivity index (χ3v) is 5.05. The van der Waals surface area contributed by atoms with Crippen molar-refractivity contribution in [3.8, 4) is 11.4 Å². The minimum atomic E-state index is -0.124. The summed E-state index contributed by atoms with van der Waals surface area (Å²) < 4.78 is 4.14. The lowest BCUT2D eigenvalue weighted by molar-refractivity contribution is -0.121. The van der Waals surface area contributed by atoms with Gasteiger partial charge in [0, 0.05) is 31.0 Å². The molecule has 0 saturated carbocycles. The van der Waals surface area contributed by atoms with E-state index in [1.54, 1.807) is 17.1 Å². The molecule has 0 saturated heterocycles. The van der Waals surface area contributed by atoms with Gasteiger partial charge in [0.2, 0.25) is 5.91 Å². The van der Waals surface area contributed by atoms with E-state index in [9.17, 15) is 4.79 Å². The van der Waals surface area contributed by atoms with E-state index in [1.807, 2.05) is 54.1 Å². The molecule has 2 N–H and O–H groups in total. The van der Waals surface area contributed by atoms with Gasteiger partial charge in [0.05, 0.1) is 6.33 Å². The number of aromatic amines is 1. The number of carbonyl (C=O) groups is 1. The Hall–Kier alpha value is -3.52. The third kappa shape index (κ3) is 4.72. The van der Waals surface area contributed by atoms with Crippen molar-refractivity contribution in [3.63, 3.8) is 0 Å². The number of imidazole rings is 1. The molecule has 0 aliphatic rings. The number of aryl methyl sites for hydroxylation is 1. The van der Waals surface area contributed by atoms with Gasteiger partial charge in [-0.25, -0.2) is 4.98 Å². The Morgan fingerprint density at radius 1 is 1.17 bits per heavy atom. The van der Waals surface area contributed by atoms with E-state index in [-0.39, 0.29) is 12.5 Å². The van der Waals surface area contributed by atoms with Crippen molar-refractivity contribution in [1.29, 1.82) is 0 Å². The monoisotopic (exact) mass is 418 g/mol. The number of H-pyrrole nitrogens is 1. The molecule has 152 valence electrons. The lowest BCUT2D eigenvalue weighted by Crippen LogP contribution is -2.27. The largest absolute Gasteiger partial charge is 0.350 e. The number of hydrogen-bond donors (Lipinski definition) is 2. The molecule has 0 aliphatic carbocycles. The first-order valence-corrected chi connectivity index (χ1v) is 10.0. The molecular weight excluding hydrogens is 396 g/mol. The van der Waals surface area contributed by atoms with Gasteiger partial charge in [-0.05, 0) is 36.3 Å². The Balaban J connectivity index is 1.41. The Morgan fingerprint density at radius 2 is 2.00 bits per heavy atom. The zero-order valence-corrected chi connectivity index (χ0v) is 17.4. The molecule has 0 radical (unpaired) electrons. The fourth-order valence-electron chi connectivity index (χ4n) is 3.30. The Morgan fingerprint density at radius 3 is 2.80 bits per heavy atom. The van der Waals surface area contributed by atoms with Crippen LogP contribution in [0.2, 0.25) is 0 Å². The Labute approximate surface area is 179 Å². The van der Waals surface area contributed by atoms with Gasteiger partial charge in [-0.1, -0.05) is 48.0 Å². The number of amides is 1. The maximum atomic E-state index is 12.6. The van der Waals surface area contributed by atoms with Crippen LogP contribution >= 0.6 is 12.2 Å². The molecule has 2 aromatic heterocycles. The van der Waals surface area contributed by atoms with Crippen LogP contribution in [0.1, 0.15) is 16.7 Å². The van der Waals surface area contributed by atoms with Crippen LogP contribution in [0.15, 0.2) is 67.3 Å². The summed E-state index contributed by atoms with van der Waals surface area (Å²) in [5.41, 5.74) is 4.23. The van der Waals surface area contributed by atoms with Gasteiger partial charge in [-0.3, -0.25) is 14.5 Å². The first-order chi connectivity index (χ1) is 14.6. The lowest BCUT2D eigenvalue weighted by atomic mass is 10.1. The normalized spacial score (nSPS) is 10.8. The molecule has 30 heavy (non-hydrogen) atoms. The van der Waals surface area contributed by atoms with Crippen molar-refractivity contribution in [2.75, 3.05) is 0 Å². The summed E-state index contributed by atoms with van der Waals surface area (Å²) in [5.74, 6) is 0.530. The molecule has 0 atom stereocenters. The Kier molecular flexibility index (Phi) is 5.85. The quantitative estimate of drug-likeness (QED) is 0.450. The maximum Gasteiger partial charge on any atom is 0.240 e. The van der Waals surface area contributed by atoms with Gasteiger partial charge in [0.25, 0.3) is 0 Å². The number of nitrogens with zero attached hydrogens (tertiary/aromatic N) is 4. The topological polar surface area (TPSA) is 80.5 Å². The highest BCUT2D eigenvalue weighted by atomic mass is 32.1. The zero-order valence-electron chi connectivity index (χ0n) is 16.6. The maximum absolute atomic E-state index is 12.6. The predicted molar refractivity (Wildman–Crippen MR) is 117 cm³/mol. The second kappa shape index (κ2) is 8.87. The standard InChI is InChI=1S/C22H22N6OS/c1-16-4-2-7-19(10-16)21-25-26-22(30)28(21)14-20(29)24-12-17-5-3-6-18(11-17)13-27-9-8-23-15-27/h2-11,15H,12-14H2,1H3,(H,24,29)(H,26,30). The SMILES string of the molecule is Cc1cccc(-c2n[nH]c(=S)n2CC(=O)NCc2cccc(Cn3ccnc3)c2)c1.